The molecule has 2 N–H and O–H groups in total. The molecule has 1 aliphatic rings. The third kappa shape index (κ3) is 4.51. The molecule has 2 heterocycles. The van der Waals surface area contributed by atoms with Crippen molar-refractivity contribution in [2.24, 2.45) is 0 Å². The van der Waals surface area contributed by atoms with Crippen LogP contribution in [0.5, 0.6) is 0 Å². The number of aryl methyl sites for hydroxylation is 1. The molecule has 0 aliphatic carbocycles. The minimum absolute atomic E-state index is 0.0789. The Balaban J connectivity index is 1.50. The van der Waals surface area contributed by atoms with Crippen molar-refractivity contribution in [1.29, 1.82) is 0 Å². The maximum atomic E-state index is 11.9. The molecule has 7 heteroatoms. The second-order valence-electron chi connectivity index (χ2n) is 5.23. The number of hydrogen-bond acceptors (Lipinski definition) is 5. The van der Waals surface area contributed by atoms with E-state index in [-0.39, 0.29) is 12.1 Å². The number of benzene rings is 1. The van der Waals surface area contributed by atoms with Gasteiger partial charge in [-0.3, -0.25) is 0 Å². The van der Waals surface area contributed by atoms with E-state index in [1.165, 1.54) is 0 Å². The van der Waals surface area contributed by atoms with Crippen LogP contribution >= 0.6 is 11.3 Å². The molecule has 0 unspecified atom stereocenters. The minimum atomic E-state index is -0.253. The number of urea groups is 1. The van der Waals surface area contributed by atoms with Crippen molar-refractivity contribution in [1.82, 2.24) is 10.3 Å². The third-order valence-electron chi connectivity index (χ3n) is 3.43. The Bertz CT molecular complexity index is 651. The fourth-order valence-corrected chi connectivity index (χ4v) is 2.88. The molecule has 0 bridgehead atoms. The zero-order chi connectivity index (χ0) is 16.1. The number of amides is 2. The van der Waals surface area contributed by atoms with Crippen LogP contribution in [0.2, 0.25) is 0 Å². The standard InChI is InChI=1S/C16H19N3O3S/c1-11-18-15(10-23-11)12-2-4-13(5-3-12)19-16(20)17-8-14-9-21-6-7-22-14/h2-5,10,14H,6-9H2,1H3,(H2,17,19,20)/t14-/m1/s1. The van der Waals surface area contributed by atoms with Gasteiger partial charge in [0.2, 0.25) is 0 Å². The molecule has 1 saturated heterocycles. The lowest BCUT2D eigenvalue weighted by molar-refractivity contribution is -0.0852. The fourth-order valence-electron chi connectivity index (χ4n) is 2.26. The number of hydrogen-bond donors (Lipinski definition) is 2. The van der Waals surface area contributed by atoms with Crippen LogP contribution in [0.25, 0.3) is 11.3 Å². The highest BCUT2D eigenvalue weighted by Crippen LogP contribution is 2.23. The SMILES string of the molecule is Cc1nc(-c2ccc(NC(=O)NC[C@@H]3COCCO3)cc2)cs1. The van der Waals surface area contributed by atoms with Gasteiger partial charge in [-0.25, -0.2) is 9.78 Å². The van der Waals surface area contributed by atoms with Crippen molar-refractivity contribution < 1.29 is 14.3 Å². The van der Waals surface area contributed by atoms with Gasteiger partial charge in [0, 0.05) is 23.2 Å². The van der Waals surface area contributed by atoms with Crippen molar-refractivity contribution >= 4 is 23.1 Å². The van der Waals surface area contributed by atoms with Crippen LogP contribution in [0.4, 0.5) is 10.5 Å². The Kier molecular flexibility index (Phi) is 5.22. The monoisotopic (exact) mass is 333 g/mol. The molecule has 0 spiro atoms. The van der Waals surface area contributed by atoms with E-state index in [0.29, 0.717) is 26.4 Å². The van der Waals surface area contributed by atoms with Crippen LogP contribution in [0.1, 0.15) is 5.01 Å². The summed E-state index contributed by atoms with van der Waals surface area (Å²) in [4.78, 5) is 16.3. The molecular formula is C16H19N3O3S. The van der Waals surface area contributed by atoms with Crippen LogP contribution < -0.4 is 10.6 Å². The topological polar surface area (TPSA) is 72.5 Å². The fraction of sp³-hybridized carbons (Fsp3) is 0.375. The lowest BCUT2D eigenvalue weighted by atomic mass is 10.1. The van der Waals surface area contributed by atoms with E-state index in [1.807, 2.05) is 36.6 Å². The molecule has 3 rings (SSSR count). The summed E-state index contributed by atoms with van der Waals surface area (Å²) in [5.74, 6) is 0. The van der Waals surface area contributed by atoms with Gasteiger partial charge in [-0.05, 0) is 19.1 Å². The van der Waals surface area contributed by atoms with Crippen molar-refractivity contribution in [3.63, 3.8) is 0 Å². The van der Waals surface area contributed by atoms with Crippen LogP contribution in [-0.2, 0) is 9.47 Å². The molecule has 1 atom stereocenters. The highest BCUT2D eigenvalue weighted by molar-refractivity contribution is 7.09. The number of nitrogens with one attached hydrogen (secondary N) is 2. The van der Waals surface area contributed by atoms with E-state index in [1.54, 1.807) is 11.3 Å². The summed E-state index contributed by atoms with van der Waals surface area (Å²) >= 11 is 1.62. The van der Waals surface area contributed by atoms with Gasteiger partial charge in [0.15, 0.2) is 0 Å². The number of anilines is 1. The van der Waals surface area contributed by atoms with E-state index in [9.17, 15) is 4.79 Å². The first-order valence-electron chi connectivity index (χ1n) is 7.47. The zero-order valence-corrected chi connectivity index (χ0v) is 13.7. The van der Waals surface area contributed by atoms with Gasteiger partial charge in [0.1, 0.15) is 0 Å². The Morgan fingerprint density at radius 1 is 1.35 bits per heavy atom. The first-order chi connectivity index (χ1) is 11.2. The van der Waals surface area contributed by atoms with Gasteiger partial charge in [0.25, 0.3) is 0 Å². The van der Waals surface area contributed by atoms with E-state index in [4.69, 9.17) is 9.47 Å². The van der Waals surface area contributed by atoms with E-state index >= 15 is 0 Å². The molecule has 122 valence electrons. The lowest BCUT2D eigenvalue weighted by Gasteiger charge is -2.23. The second kappa shape index (κ2) is 7.54. The smallest absolute Gasteiger partial charge is 0.319 e. The van der Waals surface area contributed by atoms with Crippen molar-refractivity contribution in [2.75, 3.05) is 31.7 Å². The van der Waals surface area contributed by atoms with Gasteiger partial charge in [-0.2, -0.15) is 0 Å². The number of carbonyl (C=O) groups excluding carboxylic acids is 1. The van der Waals surface area contributed by atoms with E-state index in [2.05, 4.69) is 15.6 Å². The molecule has 0 saturated carbocycles. The summed E-state index contributed by atoms with van der Waals surface area (Å²) in [5, 5.41) is 8.65. The lowest BCUT2D eigenvalue weighted by Crippen LogP contribution is -2.41. The van der Waals surface area contributed by atoms with Gasteiger partial charge in [-0.15, -0.1) is 11.3 Å². The normalized spacial score (nSPS) is 17.7. The maximum absolute atomic E-state index is 11.9. The number of carbonyl (C=O) groups is 1. The molecular weight excluding hydrogens is 314 g/mol. The Labute approximate surface area is 138 Å². The molecule has 1 aromatic carbocycles. The van der Waals surface area contributed by atoms with Gasteiger partial charge in [0.05, 0.1) is 36.6 Å². The average molecular weight is 333 g/mol. The van der Waals surface area contributed by atoms with Crippen LogP contribution in [-0.4, -0.2) is 43.5 Å². The first-order valence-corrected chi connectivity index (χ1v) is 8.35. The van der Waals surface area contributed by atoms with Crippen LogP contribution in [0.15, 0.2) is 29.6 Å². The third-order valence-corrected chi connectivity index (χ3v) is 4.21. The number of rotatable bonds is 4. The molecule has 2 amide bonds. The van der Waals surface area contributed by atoms with E-state index < -0.39 is 0 Å². The molecule has 1 fully saturated rings. The van der Waals surface area contributed by atoms with Gasteiger partial charge in [-0.1, -0.05) is 12.1 Å². The van der Waals surface area contributed by atoms with Crippen molar-refractivity contribution in [2.45, 2.75) is 13.0 Å². The summed E-state index contributed by atoms with van der Waals surface area (Å²) in [7, 11) is 0. The van der Waals surface area contributed by atoms with E-state index in [0.717, 1.165) is 22.0 Å². The Morgan fingerprint density at radius 2 is 2.17 bits per heavy atom. The molecule has 2 aromatic rings. The van der Waals surface area contributed by atoms with Crippen LogP contribution in [0.3, 0.4) is 0 Å². The first kappa shape index (κ1) is 15.9. The number of ether oxygens (including phenoxy) is 2. The number of aromatic nitrogens is 1. The predicted molar refractivity (Wildman–Crippen MR) is 89.9 cm³/mol. The molecule has 1 aliphatic heterocycles. The Hall–Kier alpha value is -1.96. The van der Waals surface area contributed by atoms with Gasteiger partial charge >= 0.3 is 6.03 Å². The highest BCUT2D eigenvalue weighted by atomic mass is 32.1. The largest absolute Gasteiger partial charge is 0.376 e. The molecule has 0 radical (unpaired) electrons. The van der Waals surface area contributed by atoms with Crippen molar-refractivity contribution in [3.05, 3.63) is 34.7 Å². The molecule has 1 aromatic heterocycles. The van der Waals surface area contributed by atoms with Crippen molar-refractivity contribution in [3.8, 4) is 11.3 Å². The second-order valence-corrected chi connectivity index (χ2v) is 6.29. The molecule has 6 nitrogen and oxygen atoms in total. The Morgan fingerprint density at radius 3 is 2.83 bits per heavy atom. The summed E-state index contributed by atoms with van der Waals surface area (Å²) in [6.45, 7) is 4.12. The van der Waals surface area contributed by atoms with Gasteiger partial charge < -0.3 is 20.1 Å². The molecule has 23 heavy (non-hydrogen) atoms. The highest BCUT2D eigenvalue weighted by Gasteiger charge is 2.15. The average Bonchev–Trinajstić information content (AvgIpc) is 3.01. The summed E-state index contributed by atoms with van der Waals surface area (Å²) in [6.07, 6.45) is -0.0789. The summed E-state index contributed by atoms with van der Waals surface area (Å²) in [6, 6.07) is 7.37. The summed E-state index contributed by atoms with van der Waals surface area (Å²) in [5.41, 5.74) is 2.73. The summed E-state index contributed by atoms with van der Waals surface area (Å²) < 4.78 is 10.8. The minimum Gasteiger partial charge on any atom is -0.376 e. The number of thiazole rings is 1. The zero-order valence-electron chi connectivity index (χ0n) is 12.9. The predicted octanol–water partition coefficient (Wildman–Crippen LogP) is 2.66. The van der Waals surface area contributed by atoms with Crippen LogP contribution in [0, 0.1) is 6.92 Å². The number of nitrogens with zero attached hydrogens (tertiary/aromatic N) is 1. The maximum Gasteiger partial charge on any atom is 0.319 e. The quantitative estimate of drug-likeness (QED) is 0.902.